The van der Waals surface area contributed by atoms with Crippen LogP contribution in [0.4, 0.5) is 0 Å². The Hall–Kier alpha value is -1.68. The van der Waals surface area contributed by atoms with E-state index >= 15 is 0 Å². The Bertz CT molecular complexity index is 592. The molecule has 0 radical (unpaired) electrons. The van der Waals surface area contributed by atoms with Crippen molar-refractivity contribution in [3.05, 3.63) is 59.5 Å². The topological polar surface area (TPSA) is 33.5 Å². The second-order valence-electron chi connectivity index (χ2n) is 5.32. The molecule has 1 aromatic carbocycles. The molecule has 2 aromatic rings. The first-order valence-electron chi connectivity index (χ1n) is 7.25. The third kappa shape index (κ3) is 3.32. The highest BCUT2D eigenvalue weighted by molar-refractivity contribution is 7.99. The number of benzene rings is 1. The number of carbonyl (C=O) groups is 1. The van der Waals surface area contributed by atoms with E-state index in [2.05, 4.69) is 0 Å². The van der Waals surface area contributed by atoms with Crippen LogP contribution >= 0.6 is 11.8 Å². The van der Waals surface area contributed by atoms with Gasteiger partial charge in [0.1, 0.15) is 5.76 Å². The fourth-order valence-corrected chi connectivity index (χ4v) is 3.73. The maximum atomic E-state index is 12.6. The van der Waals surface area contributed by atoms with E-state index in [1.165, 1.54) is 5.56 Å². The lowest BCUT2D eigenvalue weighted by Crippen LogP contribution is -2.32. The Kier molecular flexibility index (Phi) is 4.34. The predicted molar refractivity (Wildman–Crippen MR) is 85.6 cm³/mol. The summed E-state index contributed by atoms with van der Waals surface area (Å²) in [5.41, 5.74) is 1.96. The van der Waals surface area contributed by atoms with Gasteiger partial charge in [0, 0.05) is 24.4 Å². The molecule has 1 aromatic heterocycles. The van der Waals surface area contributed by atoms with Crippen molar-refractivity contribution in [2.24, 2.45) is 0 Å². The highest BCUT2D eigenvalue weighted by atomic mass is 32.2. The molecule has 0 spiro atoms. The Morgan fingerprint density at radius 3 is 2.76 bits per heavy atom. The van der Waals surface area contributed by atoms with E-state index in [0.29, 0.717) is 5.25 Å². The van der Waals surface area contributed by atoms with Gasteiger partial charge in [-0.25, -0.2) is 0 Å². The SMILES string of the molecule is Cc1ccc(C(=O)N2CCSC(c3ccco3)CC2)cc1. The lowest BCUT2D eigenvalue weighted by atomic mass is 10.1. The Morgan fingerprint density at radius 2 is 2.05 bits per heavy atom. The molecule has 21 heavy (non-hydrogen) atoms. The molecule has 0 aliphatic carbocycles. The van der Waals surface area contributed by atoms with E-state index in [0.717, 1.165) is 36.6 Å². The molecule has 1 unspecified atom stereocenters. The minimum absolute atomic E-state index is 0.135. The van der Waals surface area contributed by atoms with Gasteiger partial charge >= 0.3 is 0 Å². The maximum absolute atomic E-state index is 12.6. The lowest BCUT2D eigenvalue weighted by molar-refractivity contribution is 0.0766. The molecule has 1 amide bonds. The van der Waals surface area contributed by atoms with Gasteiger partial charge in [-0.15, -0.1) is 11.8 Å². The van der Waals surface area contributed by atoms with E-state index in [1.54, 1.807) is 6.26 Å². The number of amides is 1. The summed E-state index contributed by atoms with van der Waals surface area (Å²) in [6.45, 7) is 3.62. The molecular formula is C17H19NO2S. The standard InChI is InChI=1S/C17H19NO2S/c1-13-4-6-14(7-5-13)17(19)18-9-8-16(21-12-10-18)15-3-2-11-20-15/h2-7,11,16H,8-10,12H2,1H3. The van der Waals surface area contributed by atoms with Crippen LogP contribution < -0.4 is 0 Å². The third-order valence-corrected chi connectivity index (χ3v) is 5.08. The van der Waals surface area contributed by atoms with Gasteiger partial charge in [-0.2, -0.15) is 0 Å². The first-order chi connectivity index (χ1) is 10.2. The fraction of sp³-hybridized carbons (Fsp3) is 0.353. The number of rotatable bonds is 2. The normalized spacial score (nSPS) is 19.3. The van der Waals surface area contributed by atoms with Crippen LogP contribution in [0.3, 0.4) is 0 Å². The number of hydrogen-bond donors (Lipinski definition) is 0. The lowest BCUT2D eigenvalue weighted by Gasteiger charge is -2.20. The summed E-state index contributed by atoms with van der Waals surface area (Å²) in [4.78, 5) is 14.5. The zero-order valence-electron chi connectivity index (χ0n) is 12.1. The van der Waals surface area contributed by atoms with E-state index in [4.69, 9.17) is 4.42 Å². The van der Waals surface area contributed by atoms with Crippen LogP contribution in [0.25, 0.3) is 0 Å². The van der Waals surface area contributed by atoms with Crippen molar-refractivity contribution >= 4 is 17.7 Å². The second kappa shape index (κ2) is 6.39. The van der Waals surface area contributed by atoms with Crippen LogP contribution in [0.2, 0.25) is 0 Å². The summed E-state index contributed by atoms with van der Waals surface area (Å²) in [7, 11) is 0. The number of nitrogens with zero attached hydrogens (tertiary/aromatic N) is 1. The van der Waals surface area contributed by atoms with Gasteiger partial charge in [0.15, 0.2) is 0 Å². The van der Waals surface area contributed by atoms with Gasteiger partial charge in [-0.1, -0.05) is 17.7 Å². The molecule has 2 heterocycles. The van der Waals surface area contributed by atoms with Crippen molar-refractivity contribution in [3.63, 3.8) is 0 Å². The largest absolute Gasteiger partial charge is 0.468 e. The number of hydrogen-bond acceptors (Lipinski definition) is 3. The molecule has 1 fully saturated rings. The molecule has 1 saturated heterocycles. The monoisotopic (exact) mass is 301 g/mol. The van der Waals surface area contributed by atoms with Gasteiger partial charge < -0.3 is 9.32 Å². The van der Waals surface area contributed by atoms with Gasteiger partial charge in [0.05, 0.1) is 11.5 Å². The summed E-state index contributed by atoms with van der Waals surface area (Å²) >= 11 is 1.87. The molecule has 0 bridgehead atoms. The van der Waals surface area contributed by atoms with Crippen molar-refractivity contribution in [3.8, 4) is 0 Å². The first kappa shape index (κ1) is 14.3. The van der Waals surface area contributed by atoms with Gasteiger partial charge in [-0.05, 0) is 37.6 Å². The van der Waals surface area contributed by atoms with Crippen molar-refractivity contribution in [1.82, 2.24) is 4.90 Å². The number of aryl methyl sites for hydroxylation is 1. The molecule has 4 heteroatoms. The van der Waals surface area contributed by atoms with Crippen LogP contribution in [-0.4, -0.2) is 29.6 Å². The highest BCUT2D eigenvalue weighted by Gasteiger charge is 2.24. The molecule has 1 aliphatic heterocycles. The molecular weight excluding hydrogens is 282 g/mol. The average Bonchev–Trinajstić information content (AvgIpc) is 2.92. The zero-order valence-corrected chi connectivity index (χ0v) is 12.9. The minimum Gasteiger partial charge on any atom is -0.468 e. The van der Waals surface area contributed by atoms with Crippen LogP contribution in [0, 0.1) is 6.92 Å². The number of carbonyl (C=O) groups excluding carboxylic acids is 1. The highest BCUT2D eigenvalue weighted by Crippen LogP contribution is 2.34. The molecule has 110 valence electrons. The van der Waals surface area contributed by atoms with Crippen molar-refractivity contribution in [2.45, 2.75) is 18.6 Å². The van der Waals surface area contributed by atoms with Gasteiger partial charge in [0.25, 0.3) is 5.91 Å². The smallest absolute Gasteiger partial charge is 0.253 e. The number of furan rings is 1. The van der Waals surface area contributed by atoms with E-state index in [-0.39, 0.29) is 5.91 Å². The Labute approximate surface area is 129 Å². The van der Waals surface area contributed by atoms with E-state index in [1.807, 2.05) is 60.0 Å². The van der Waals surface area contributed by atoms with Gasteiger partial charge in [-0.3, -0.25) is 4.79 Å². The Morgan fingerprint density at radius 1 is 1.24 bits per heavy atom. The molecule has 0 N–H and O–H groups in total. The Balaban J connectivity index is 1.67. The van der Waals surface area contributed by atoms with Crippen molar-refractivity contribution < 1.29 is 9.21 Å². The molecule has 3 nitrogen and oxygen atoms in total. The summed E-state index contributed by atoms with van der Waals surface area (Å²) in [6.07, 6.45) is 2.66. The summed E-state index contributed by atoms with van der Waals surface area (Å²) in [5, 5.41) is 0.357. The third-order valence-electron chi connectivity index (χ3n) is 3.79. The van der Waals surface area contributed by atoms with Crippen molar-refractivity contribution in [2.75, 3.05) is 18.8 Å². The minimum atomic E-state index is 0.135. The fourth-order valence-electron chi connectivity index (χ4n) is 2.55. The predicted octanol–water partition coefficient (Wildman–Crippen LogP) is 3.91. The zero-order chi connectivity index (χ0) is 14.7. The van der Waals surface area contributed by atoms with Gasteiger partial charge in [0.2, 0.25) is 0 Å². The maximum Gasteiger partial charge on any atom is 0.253 e. The molecule has 3 rings (SSSR count). The van der Waals surface area contributed by atoms with Crippen LogP contribution in [0.1, 0.15) is 33.4 Å². The first-order valence-corrected chi connectivity index (χ1v) is 8.30. The average molecular weight is 301 g/mol. The van der Waals surface area contributed by atoms with E-state index in [9.17, 15) is 4.79 Å². The van der Waals surface area contributed by atoms with Crippen molar-refractivity contribution in [1.29, 1.82) is 0 Å². The second-order valence-corrected chi connectivity index (χ2v) is 6.63. The van der Waals surface area contributed by atoms with Crippen LogP contribution in [0.15, 0.2) is 47.1 Å². The summed E-state index contributed by atoms with van der Waals surface area (Å²) in [6, 6.07) is 11.8. The molecule has 1 atom stereocenters. The van der Waals surface area contributed by atoms with Crippen LogP contribution in [0.5, 0.6) is 0 Å². The van der Waals surface area contributed by atoms with E-state index < -0.39 is 0 Å². The summed E-state index contributed by atoms with van der Waals surface area (Å²) in [5.74, 6) is 2.10. The number of thioether (sulfide) groups is 1. The summed E-state index contributed by atoms with van der Waals surface area (Å²) < 4.78 is 5.50. The molecule has 0 saturated carbocycles. The quantitative estimate of drug-likeness (QED) is 0.843. The molecule has 1 aliphatic rings. The van der Waals surface area contributed by atoms with Crippen LogP contribution in [-0.2, 0) is 0 Å².